The first-order chi connectivity index (χ1) is 13.1. The molecule has 0 fully saturated rings. The van der Waals surface area contributed by atoms with Gasteiger partial charge in [-0.1, -0.05) is 48.5 Å². The third-order valence-corrected chi connectivity index (χ3v) is 5.03. The van der Waals surface area contributed by atoms with E-state index in [1.54, 1.807) is 4.90 Å². The van der Waals surface area contributed by atoms with Crippen molar-refractivity contribution in [3.05, 3.63) is 71.4 Å². The maximum Gasteiger partial charge on any atom is 0.323 e. The highest BCUT2D eigenvalue weighted by Crippen LogP contribution is 2.31. The summed E-state index contributed by atoms with van der Waals surface area (Å²) in [7, 11) is 0. The van der Waals surface area contributed by atoms with E-state index in [9.17, 15) is 14.7 Å². The fourth-order valence-corrected chi connectivity index (χ4v) is 3.78. The summed E-state index contributed by atoms with van der Waals surface area (Å²) in [5.74, 6) is -0.860. The second-order valence-corrected chi connectivity index (χ2v) is 6.74. The number of para-hydroxylation sites is 1. The van der Waals surface area contributed by atoms with Crippen LogP contribution in [0.1, 0.15) is 16.8 Å². The topological polar surface area (TPSA) is 74.6 Å². The monoisotopic (exact) mass is 363 g/mol. The Bertz CT molecular complexity index is 995. The molecule has 0 spiro atoms. The Hall–Kier alpha value is -3.28. The van der Waals surface area contributed by atoms with Gasteiger partial charge in [-0.2, -0.15) is 0 Å². The van der Waals surface area contributed by atoms with E-state index in [1.807, 2.05) is 59.2 Å². The number of aliphatic carboxylic acids is 1. The molecule has 0 unspecified atom stereocenters. The molecule has 2 N–H and O–H groups in total. The van der Waals surface area contributed by atoms with Crippen molar-refractivity contribution in [2.45, 2.75) is 26.1 Å². The molecule has 1 aliphatic rings. The summed E-state index contributed by atoms with van der Waals surface area (Å²) in [6, 6.07) is 17.5. The number of rotatable bonds is 4. The van der Waals surface area contributed by atoms with Crippen LogP contribution in [-0.4, -0.2) is 33.1 Å². The van der Waals surface area contributed by atoms with Gasteiger partial charge in [-0.15, -0.1) is 0 Å². The van der Waals surface area contributed by atoms with Gasteiger partial charge in [0.15, 0.2) is 0 Å². The van der Waals surface area contributed by atoms with Crippen LogP contribution in [0.15, 0.2) is 54.6 Å². The highest BCUT2D eigenvalue weighted by molar-refractivity contribution is 5.88. The van der Waals surface area contributed by atoms with E-state index >= 15 is 0 Å². The fourth-order valence-electron chi connectivity index (χ4n) is 3.78. The summed E-state index contributed by atoms with van der Waals surface area (Å²) in [5, 5.41) is 13.3. The van der Waals surface area contributed by atoms with Gasteiger partial charge in [0.2, 0.25) is 0 Å². The summed E-state index contributed by atoms with van der Waals surface area (Å²) >= 11 is 0. The predicted molar refractivity (Wildman–Crippen MR) is 102 cm³/mol. The van der Waals surface area contributed by atoms with Gasteiger partial charge in [0.25, 0.3) is 0 Å². The first kappa shape index (κ1) is 17.1. The fraction of sp³-hybridized carbons (Fsp3) is 0.238. The summed E-state index contributed by atoms with van der Waals surface area (Å²) in [6.45, 7) is 1.49. The van der Waals surface area contributed by atoms with Crippen molar-refractivity contribution >= 4 is 22.9 Å². The van der Waals surface area contributed by atoms with Crippen LogP contribution in [-0.2, 0) is 30.8 Å². The van der Waals surface area contributed by atoms with Crippen LogP contribution < -0.4 is 5.32 Å². The number of hydrogen-bond donors (Lipinski definition) is 2. The average Bonchev–Trinajstić information content (AvgIpc) is 3.00. The molecule has 2 aromatic carbocycles. The zero-order valence-electron chi connectivity index (χ0n) is 14.9. The van der Waals surface area contributed by atoms with Gasteiger partial charge in [0, 0.05) is 48.2 Å². The highest BCUT2D eigenvalue weighted by Gasteiger charge is 2.26. The minimum absolute atomic E-state index is 0.0595. The van der Waals surface area contributed by atoms with Crippen LogP contribution >= 0.6 is 0 Å². The molecule has 2 amide bonds. The molecule has 27 heavy (non-hydrogen) atoms. The number of urea groups is 1. The number of amides is 2. The molecule has 0 saturated carbocycles. The Morgan fingerprint density at radius 1 is 1.04 bits per heavy atom. The number of aromatic nitrogens is 1. The van der Waals surface area contributed by atoms with E-state index in [-0.39, 0.29) is 12.6 Å². The third kappa shape index (κ3) is 3.38. The lowest BCUT2D eigenvalue weighted by atomic mass is 10.0. The lowest BCUT2D eigenvalue weighted by Gasteiger charge is -2.28. The van der Waals surface area contributed by atoms with Gasteiger partial charge in [-0.3, -0.25) is 4.79 Å². The molecule has 2 heterocycles. The largest absolute Gasteiger partial charge is 0.480 e. The van der Waals surface area contributed by atoms with E-state index in [0.717, 1.165) is 27.7 Å². The molecular formula is C21H21N3O3. The molecule has 1 aromatic heterocycles. The standard InChI is InChI=1S/C21H21N3O3/c25-20(26)14-24-18-9-5-4-8-16(18)17-13-23(11-10-19(17)24)21(27)22-12-15-6-2-1-3-7-15/h1-9H,10-14H2,(H,22,27)(H,25,26). The second-order valence-electron chi connectivity index (χ2n) is 6.74. The molecule has 0 radical (unpaired) electrons. The average molecular weight is 363 g/mol. The van der Waals surface area contributed by atoms with Gasteiger partial charge in [-0.05, 0) is 11.6 Å². The van der Waals surface area contributed by atoms with Crippen molar-refractivity contribution in [2.75, 3.05) is 6.54 Å². The van der Waals surface area contributed by atoms with Gasteiger partial charge in [0.1, 0.15) is 6.54 Å². The van der Waals surface area contributed by atoms with Crippen LogP contribution in [0.5, 0.6) is 0 Å². The molecule has 0 aliphatic carbocycles. The molecule has 138 valence electrons. The molecule has 4 rings (SSSR count). The van der Waals surface area contributed by atoms with Gasteiger partial charge in [-0.25, -0.2) is 4.79 Å². The number of fused-ring (bicyclic) bond motifs is 3. The highest BCUT2D eigenvalue weighted by atomic mass is 16.4. The number of nitrogens with one attached hydrogen (secondary N) is 1. The Kier molecular flexibility index (Phi) is 4.54. The van der Waals surface area contributed by atoms with Crippen molar-refractivity contribution < 1.29 is 14.7 Å². The van der Waals surface area contributed by atoms with E-state index in [2.05, 4.69) is 5.32 Å². The minimum atomic E-state index is -0.860. The summed E-state index contributed by atoms with van der Waals surface area (Å²) in [6.07, 6.45) is 0.649. The SMILES string of the molecule is O=C(O)Cn1c2c(c3ccccc31)CN(C(=O)NCc1ccccc1)CC2. The van der Waals surface area contributed by atoms with E-state index < -0.39 is 5.97 Å². The lowest BCUT2D eigenvalue weighted by molar-refractivity contribution is -0.137. The van der Waals surface area contributed by atoms with Crippen molar-refractivity contribution in [3.8, 4) is 0 Å². The second kappa shape index (κ2) is 7.15. The minimum Gasteiger partial charge on any atom is -0.480 e. The van der Waals surface area contributed by atoms with E-state index in [0.29, 0.717) is 26.1 Å². The molecular weight excluding hydrogens is 342 g/mol. The smallest absolute Gasteiger partial charge is 0.323 e. The van der Waals surface area contributed by atoms with Gasteiger partial charge >= 0.3 is 12.0 Å². The Morgan fingerprint density at radius 3 is 2.56 bits per heavy atom. The van der Waals surface area contributed by atoms with Gasteiger partial charge in [0.05, 0.1) is 0 Å². The van der Waals surface area contributed by atoms with Crippen LogP contribution in [0.25, 0.3) is 10.9 Å². The Morgan fingerprint density at radius 2 is 1.78 bits per heavy atom. The number of carbonyl (C=O) groups excluding carboxylic acids is 1. The van der Waals surface area contributed by atoms with Crippen LogP contribution in [0.2, 0.25) is 0 Å². The number of hydrogen-bond acceptors (Lipinski definition) is 2. The number of carboxylic acid groups (broad SMARTS) is 1. The zero-order valence-corrected chi connectivity index (χ0v) is 14.9. The first-order valence-electron chi connectivity index (χ1n) is 9.01. The van der Waals surface area contributed by atoms with Crippen LogP contribution in [0.4, 0.5) is 4.79 Å². The van der Waals surface area contributed by atoms with Crippen molar-refractivity contribution in [1.29, 1.82) is 0 Å². The van der Waals surface area contributed by atoms with E-state index in [4.69, 9.17) is 0 Å². The zero-order chi connectivity index (χ0) is 18.8. The molecule has 3 aromatic rings. The summed E-state index contributed by atoms with van der Waals surface area (Å²) in [5.41, 5.74) is 4.04. The quantitative estimate of drug-likeness (QED) is 0.748. The normalized spacial score (nSPS) is 13.4. The maximum absolute atomic E-state index is 12.6. The molecule has 1 aliphatic heterocycles. The molecule has 0 bridgehead atoms. The molecule has 6 nitrogen and oxygen atoms in total. The number of nitrogens with zero attached hydrogens (tertiary/aromatic N) is 2. The van der Waals surface area contributed by atoms with Crippen molar-refractivity contribution in [2.24, 2.45) is 0 Å². The summed E-state index contributed by atoms with van der Waals surface area (Å²) < 4.78 is 1.87. The molecule has 0 atom stereocenters. The predicted octanol–water partition coefficient (Wildman–Crippen LogP) is 2.99. The lowest BCUT2D eigenvalue weighted by Crippen LogP contribution is -2.42. The van der Waals surface area contributed by atoms with Crippen LogP contribution in [0, 0.1) is 0 Å². The van der Waals surface area contributed by atoms with Crippen molar-refractivity contribution in [3.63, 3.8) is 0 Å². The Balaban J connectivity index is 1.56. The van der Waals surface area contributed by atoms with Crippen LogP contribution in [0.3, 0.4) is 0 Å². The number of benzene rings is 2. The molecule has 0 saturated heterocycles. The first-order valence-corrected chi connectivity index (χ1v) is 9.01. The molecule has 6 heteroatoms. The Labute approximate surface area is 157 Å². The van der Waals surface area contributed by atoms with E-state index in [1.165, 1.54) is 0 Å². The maximum atomic E-state index is 12.6. The number of carbonyl (C=O) groups is 2. The third-order valence-electron chi connectivity index (χ3n) is 5.03. The number of carboxylic acids is 1. The van der Waals surface area contributed by atoms with Crippen molar-refractivity contribution in [1.82, 2.24) is 14.8 Å². The summed E-state index contributed by atoms with van der Waals surface area (Å²) in [4.78, 5) is 25.7. The van der Waals surface area contributed by atoms with Gasteiger partial charge < -0.3 is 19.9 Å².